The highest BCUT2D eigenvalue weighted by atomic mass is 15.4. The van der Waals surface area contributed by atoms with Crippen LogP contribution in [0.15, 0.2) is 12.4 Å². The summed E-state index contributed by atoms with van der Waals surface area (Å²) in [6.07, 6.45) is 1.71. The highest BCUT2D eigenvalue weighted by molar-refractivity contribution is 5.27. The second-order valence-electron chi connectivity index (χ2n) is 5.34. The summed E-state index contributed by atoms with van der Waals surface area (Å²) in [6, 6.07) is 2.01. The normalized spacial score (nSPS) is 11.3. The number of aromatic nitrogens is 7. The van der Waals surface area contributed by atoms with Gasteiger partial charge in [0.25, 0.3) is 0 Å². The zero-order chi connectivity index (χ0) is 15.1. The van der Waals surface area contributed by atoms with Crippen molar-refractivity contribution in [3.63, 3.8) is 0 Å². The molecular weight excluding hydrogens is 266 g/mol. The lowest BCUT2D eigenvalue weighted by atomic mass is 10.2. The Morgan fingerprint density at radius 2 is 1.86 bits per heavy atom. The van der Waals surface area contributed by atoms with Gasteiger partial charge in [-0.1, -0.05) is 0 Å². The molecule has 3 aromatic heterocycles. The van der Waals surface area contributed by atoms with Gasteiger partial charge in [0.15, 0.2) is 5.82 Å². The minimum atomic E-state index is 0.588. The van der Waals surface area contributed by atoms with Gasteiger partial charge in [-0.25, -0.2) is 0 Å². The van der Waals surface area contributed by atoms with Gasteiger partial charge in [0.05, 0.1) is 11.4 Å². The van der Waals surface area contributed by atoms with Crippen molar-refractivity contribution in [3.05, 3.63) is 40.9 Å². The highest BCUT2D eigenvalue weighted by Crippen LogP contribution is 2.15. The Kier molecular flexibility index (Phi) is 3.12. The molecule has 3 heterocycles. The fraction of sp³-hybridized carbons (Fsp3) is 0.429. The van der Waals surface area contributed by atoms with Gasteiger partial charge in [-0.2, -0.15) is 10.2 Å². The molecule has 0 aliphatic heterocycles. The molecule has 0 atom stereocenters. The maximum absolute atomic E-state index is 4.56. The van der Waals surface area contributed by atoms with Crippen LogP contribution in [0.4, 0.5) is 0 Å². The third-order valence-corrected chi connectivity index (χ3v) is 3.88. The molecule has 0 radical (unpaired) electrons. The number of rotatable bonds is 3. The molecule has 110 valence electrons. The van der Waals surface area contributed by atoms with E-state index < -0.39 is 0 Å². The molecule has 0 aromatic carbocycles. The molecule has 0 saturated carbocycles. The fourth-order valence-electron chi connectivity index (χ4n) is 2.45. The summed E-state index contributed by atoms with van der Waals surface area (Å²) in [7, 11) is 1.92. The van der Waals surface area contributed by atoms with Crippen molar-refractivity contribution in [1.82, 2.24) is 34.3 Å². The molecule has 3 aromatic rings. The van der Waals surface area contributed by atoms with Gasteiger partial charge in [-0.05, 0) is 33.3 Å². The Bertz CT molecular complexity index is 790. The monoisotopic (exact) mass is 285 g/mol. The van der Waals surface area contributed by atoms with Crippen LogP contribution in [-0.2, 0) is 13.6 Å². The summed E-state index contributed by atoms with van der Waals surface area (Å²) in [5, 5.41) is 17.2. The van der Waals surface area contributed by atoms with Gasteiger partial charge in [0.1, 0.15) is 18.7 Å². The minimum Gasteiger partial charge on any atom is -0.268 e. The molecule has 0 saturated heterocycles. The summed E-state index contributed by atoms with van der Waals surface area (Å²) >= 11 is 0. The second kappa shape index (κ2) is 4.83. The lowest BCUT2D eigenvalue weighted by Crippen LogP contribution is -2.12. The smallest absolute Gasteiger partial charge is 0.160 e. The standard InChI is InChI=1S/C14H19N7/c1-9-6-14(19(5)17-9)20-8-15-16-13(20)7-21-12(4)10(2)11(3)18-21/h6,8H,7H2,1-5H3. The molecule has 0 aliphatic rings. The zero-order valence-corrected chi connectivity index (χ0v) is 13.0. The second-order valence-corrected chi connectivity index (χ2v) is 5.34. The lowest BCUT2D eigenvalue weighted by molar-refractivity contribution is 0.612. The predicted octanol–water partition coefficient (Wildman–Crippen LogP) is 1.48. The molecule has 0 bridgehead atoms. The first-order valence-corrected chi connectivity index (χ1v) is 6.88. The Morgan fingerprint density at radius 1 is 1.10 bits per heavy atom. The molecule has 0 fully saturated rings. The molecule has 0 amide bonds. The average Bonchev–Trinajstić information content (AvgIpc) is 3.07. The van der Waals surface area contributed by atoms with Gasteiger partial charge in [-0.15, -0.1) is 10.2 Å². The molecule has 21 heavy (non-hydrogen) atoms. The first kappa shape index (κ1) is 13.5. The SMILES string of the molecule is Cc1cc(-n2cnnc2Cn2nc(C)c(C)c2C)n(C)n1. The van der Waals surface area contributed by atoms with Gasteiger partial charge in [-0.3, -0.25) is 13.9 Å². The third-order valence-electron chi connectivity index (χ3n) is 3.88. The zero-order valence-electron chi connectivity index (χ0n) is 13.0. The topological polar surface area (TPSA) is 66.3 Å². The number of hydrogen-bond acceptors (Lipinski definition) is 4. The van der Waals surface area contributed by atoms with E-state index in [1.807, 2.05) is 40.9 Å². The van der Waals surface area contributed by atoms with Gasteiger partial charge >= 0.3 is 0 Å². The first-order chi connectivity index (χ1) is 9.97. The summed E-state index contributed by atoms with van der Waals surface area (Å²) in [6.45, 7) is 8.74. The largest absolute Gasteiger partial charge is 0.268 e. The number of aryl methyl sites for hydroxylation is 3. The highest BCUT2D eigenvalue weighted by Gasteiger charge is 2.14. The third kappa shape index (κ3) is 2.24. The minimum absolute atomic E-state index is 0.588. The van der Waals surface area contributed by atoms with E-state index in [1.165, 1.54) is 5.56 Å². The maximum atomic E-state index is 4.56. The molecular formula is C14H19N7. The van der Waals surface area contributed by atoms with Crippen molar-refractivity contribution in [3.8, 4) is 5.82 Å². The molecule has 7 nitrogen and oxygen atoms in total. The number of hydrogen-bond donors (Lipinski definition) is 0. The summed E-state index contributed by atoms with van der Waals surface area (Å²) in [5.41, 5.74) is 4.39. The van der Waals surface area contributed by atoms with Crippen LogP contribution in [0.3, 0.4) is 0 Å². The average molecular weight is 285 g/mol. The van der Waals surface area contributed by atoms with E-state index in [9.17, 15) is 0 Å². The van der Waals surface area contributed by atoms with Gasteiger partial charge in [0, 0.05) is 18.8 Å². The predicted molar refractivity (Wildman–Crippen MR) is 78.4 cm³/mol. The maximum Gasteiger partial charge on any atom is 0.160 e. The van der Waals surface area contributed by atoms with E-state index in [0.29, 0.717) is 6.54 Å². The van der Waals surface area contributed by atoms with E-state index in [0.717, 1.165) is 28.7 Å². The van der Waals surface area contributed by atoms with Crippen LogP contribution in [0, 0.1) is 27.7 Å². The van der Waals surface area contributed by atoms with Crippen LogP contribution >= 0.6 is 0 Å². The summed E-state index contributed by atoms with van der Waals surface area (Å²) in [5.74, 6) is 1.79. The quantitative estimate of drug-likeness (QED) is 0.731. The summed E-state index contributed by atoms with van der Waals surface area (Å²) < 4.78 is 5.74. The molecule has 7 heteroatoms. The fourth-order valence-corrected chi connectivity index (χ4v) is 2.45. The molecule has 0 N–H and O–H groups in total. The van der Waals surface area contributed by atoms with Crippen molar-refractivity contribution in [1.29, 1.82) is 0 Å². The van der Waals surface area contributed by atoms with E-state index in [1.54, 1.807) is 6.33 Å². The Balaban J connectivity index is 2.00. The van der Waals surface area contributed by atoms with Crippen molar-refractivity contribution >= 4 is 0 Å². The van der Waals surface area contributed by atoms with Crippen LogP contribution in [-0.4, -0.2) is 34.3 Å². The van der Waals surface area contributed by atoms with Crippen LogP contribution in [0.25, 0.3) is 5.82 Å². The van der Waals surface area contributed by atoms with Crippen LogP contribution < -0.4 is 0 Å². The van der Waals surface area contributed by atoms with Crippen molar-refractivity contribution < 1.29 is 0 Å². The Hall–Kier alpha value is -2.44. The van der Waals surface area contributed by atoms with Crippen molar-refractivity contribution in [2.24, 2.45) is 7.05 Å². The van der Waals surface area contributed by atoms with E-state index in [-0.39, 0.29) is 0 Å². The van der Waals surface area contributed by atoms with Gasteiger partial charge in [0.2, 0.25) is 0 Å². The lowest BCUT2D eigenvalue weighted by Gasteiger charge is -2.08. The Labute approximate surface area is 123 Å². The van der Waals surface area contributed by atoms with E-state index in [4.69, 9.17) is 0 Å². The summed E-state index contributed by atoms with van der Waals surface area (Å²) in [4.78, 5) is 0. The molecule has 0 unspecified atom stereocenters. The van der Waals surface area contributed by atoms with Crippen LogP contribution in [0.2, 0.25) is 0 Å². The van der Waals surface area contributed by atoms with Crippen LogP contribution in [0.1, 0.15) is 28.5 Å². The van der Waals surface area contributed by atoms with Crippen molar-refractivity contribution in [2.45, 2.75) is 34.2 Å². The molecule has 3 rings (SSSR count). The van der Waals surface area contributed by atoms with E-state index in [2.05, 4.69) is 34.2 Å². The molecule has 0 aliphatic carbocycles. The van der Waals surface area contributed by atoms with Crippen LogP contribution in [0.5, 0.6) is 0 Å². The van der Waals surface area contributed by atoms with Gasteiger partial charge < -0.3 is 0 Å². The van der Waals surface area contributed by atoms with E-state index >= 15 is 0 Å². The first-order valence-electron chi connectivity index (χ1n) is 6.88. The number of nitrogens with zero attached hydrogens (tertiary/aromatic N) is 7. The van der Waals surface area contributed by atoms with Crippen molar-refractivity contribution in [2.75, 3.05) is 0 Å². The Morgan fingerprint density at radius 3 is 2.43 bits per heavy atom. The molecule has 0 spiro atoms.